The molecule has 1 atom stereocenters. The van der Waals surface area contributed by atoms with E-state index in [-0.39, 0.29) is 11.3 Å². The number of hydrogen-bond donors (Lipinski definition) is 1. The van der Waals surface area contributed by atoms with Crippen LogP contribution in [0.25, 0.3) is 0 Å². The summed E-state index contributed by atoms with van der Waals surface area (Å²) in [7, 11) is 0. The average Bonchev–Trinajstić information content (AvgIpc) is 2.34. The molecule has 0 aromatic heterocycles. The second kappa shape index (κ2) is 7.33. The number of esters is 1. The fourth-order valence-electron chi connectivity index (χ4n) is 1.13. The normalized spacial score (nSPS) is 12.7. The lowest BCUT2D eigenvalue weighted by Crippen LogP contribution is -2.33. The highest BCUT2D eigenvalue weighted by Crippen LogP contribution is 2.34. The number of halogens is 4. The van der Waals surface area contributed by atoms with E-state index in [0.717, 1.165) is 0 Å². The van der Waals surface area contributed by atoms with Gasteiger partial charge in [0, 0.05) is 6.92 Å². The topological polar surface area (TPSA) is 64.6 Å². The van der Waals surface area contributed by atoms with E-state index in [1.54, 1.807) is 12.1 Å². The maximum Gasteiger partial charge on any atom is 0.308 e. The monoisotopic (exact) mass is 359 g/mol. The van der Waals surface area contributed by atoms with Crippen molar-refractivity contribution in [1.29, 1.82) is 0 Å². The van der Waals surface area contributed by atoms with Gasteiger partial charge in [0.25, 0.3) is 5.91 Å². The van der Waals surface area contributed by atoms with E-state index in [2.05, 4.69) is 0 Å². The van der Waals surface area contributed by atoms with Crippen LogP contribution in [-0.2, 0) is 9.63 Å². The van der Waals surface area contributed by atoms with E-state index in [9.17, 15) is 9.59 Å². The van der Waals surface area contributed by atoms with Gasteiger partial charge >= 0.3 is 5.97 Å². The highest BCUT2D eigenvalue weighted by atomic mass is 35.6. The lowest BCUT2D eigenvalue weighted by Gasteiger charge is -2.18. The molecule has 0 radical (unpaired) electrons. The third-order valence-electron chi connectivity index (χ3n) is 1.90. The molecule has 0 aliphatic rings. The van der Waals surface area contributed by atoms with Crippen molar-refractivity contribution in [3.8, 4) is 5.75 Å². The molecular formula is C11H9Cl4NO4. The van der Waals surface area contributed by atoms with E-state index in [1.807, 2.05) is 5.48 Å². The van der Waals surface area contributed by atoms with Gasteiger partial charge < -0.3 is 4.74 Å². The molecule has 9 heteroatoms. The van der Waals surface area contributed by atoms with Gasteiger partial charge in [-0.05, 0) is 12.1 Å². The number of amides is 1. The summed E-state index contributed by atoms with van der Waals surface area (Å²) in [5.41, 5.74) is 0.678. The number of benzene rings is 1. The van der Waals surface area contributed by atoms with E-state index in [4.69, 9.17) is 56.0 Å². The second-order valence-corrected chi connectivity index (χ2v) is 6.26. The molecular weight excluding hydrogens is 352 g/mol. The Morgan fingerprint density at radius 2 is 1.85 bits per heavy atom. The summed E-state index contributed by atoms with van der Waals surface area (Å²) in [5.74, 6) is -1.20. The zero-order chi connectivity index (χ0) is 15.3. The maximum atomic E-state index is 11.9. The maximum absolute atomic E-state index is 11.9. The lowest BCUT2D eigenvalue weighted by atomic mass is 10.2. The molecule has 1 rings (SSSR count). The van der Waals surface area contributed by atoms with Crippen molar-refractivity contribution in [1.82, 2.24) is 5.48 Å². The van der Waals surface area contributed by atoms with Crippen molar-refractivity contribution in [3.63, 3.8) is 0 Å². The zero-order valence-corrected chi connectivity index (χ0v) is 13.1. The fourth-order valence-corrected chi connectivity index (χ4v) is 1.30. The Balaban J connectivity index is 2.75. The summed E-state index contributed by atoms with van der Waals surface area (Å²) in [5, 5.41) is 0. The van der Waals surface area contributed by atoms with Gasteiger partial charge in [0.15, 0.2) is 0 Å². The Morgan fingerprint density at radius 1 is 1.25 bits per heavy atom. The first-order valence-electron chi connectivity index (χ1n) is 5.16. The van der Waals surface area contributed by atoms with Crippen molar-refractivity contribution in [2.45, 2.75) is 16.3 Å². The molecule has 0 bridgehead atoms. The van der Waals surface area contributed by atoms with Crippen LogP contribution in [0.4, 0.5) is 0 Å². The molecule has 0 aliphatic carbocycles. The van der Waals surface area contributed by atoms with Crippen LogP contribution in [0, 0.1) is 0 Å². The Kier molecular flexibility index (Phi) is 6.36. The number of carbonyl (C=O) groups is 2. The molecule has 20 heavy (non-hydrogen) atoms. The van der Waals surface area contributed by atoms with Gasteiger partial charge in [0.2, 0.25) is 9.36 Å². The molecule has 0 saturated carbocycles. The number of para-hydroxylation sites is 1. The molecule has 110 valence electrons. The Bertz CT molecular complexity index is 503. The minimum Gasteiger partial charge on any atom is -0.426 e. The van der Waals surface area contributed by atoms with Crippen molar-refractivity contribution in [2.24, 2.45) is 0 Å². The lowest BCUT2D eigenvalue weighted by molar-refractivity contribution is -0.131. The van der Waals surface area contributed by atoms with Crippen LogP contribution >= 0.6 is 46.4 Å². The molecule has 1 N–H and O–H groups in total. The third kappa shape index (κ3) is 5.34. The van der Waals surface area contributed by atoms with Crippen LogP contribution in [0.3, 0.4) is 0 Å². The molecule has 0 fully saturated rings. The predicted octanol–water partition coefficient (Wildman–Crippen LogP) is 3.21. The van der Waals surface area contributed by atoms with Crippen LogP contribution in [0.2, 0.25) is 0 Å². The summed E-state index contributed by atoms with van der Waals surface area (Å²) in [6.45, 7) is 1.21. The average molecular weight is 361 g/mol. The van der Waals surface area contributed by atoms with Gasteiger partial charge in [-0.2, -0.15) is 0 Å². The SMILES string of the molecule is CC(=O)Oc1ccccc1C(=O)NOC(Cl)C(Cl)(Cl)Cl. The van der Waals surface area contributed by atoms with Crippen molar-refractivity contribution in [3.05, 3.63) is 29.8 Å². The number of rotatable bonds is 4. The van der Waals surface area contributed by atoms with Crippen LogP contribution in [0.5, 0.6) is 5.75 Å². The quantitative estimate of drug-likeness (QED) is 0.387. The Morgan fingerprint density at radius 3 is 2.40 bits per heavy atom. The highest BCUT2D eigenvalue weighted by Gasteiger charge is 2.33. The van der Waals surface area contributed by atoms with Gasteiger partial charge in [-0.1, -0.05) is 58.5 Å². The Labute approximate surface area is 135 Å². The van der Waals surface area contributed by atoms with Crippen LogP contribution in [0.1, 0.15) is 17.3 Å². The second-order valence-electron chi connectivity index (χ2n) is 3.50. The third-order valence-corrected chi connectivity index (χ3v) is 3.24. The number of nitrogens with one attached hydrogen (secondary N) is 1. The van der Waals surface area contributed by atoms with Crippen molar-refractivity contribution >= 4 is 58.3 Å². The minimum absolute atomic E-state index is 0.0656. The molecule has 0 spiro atoms. The zero-order valence-electron chi connectivity index (χ0n) is 10.0. The molecule has 0 heterocycles. The number of carbonyl (C=O) groups excluding carboxylic acids is 2. The standard InChI is InChI=1S/C11H9Cl4NO4/c1-6(17)19-8-5-3-2-4-7(8)9(18)16-20-10(12)11(13,14)15/h2-5,10H,1H3,(H,16,18). The van der Waals surface area contributed by atoms with Crippen LogP contribution in [0.15, 0.2) is 24.3 Å². The molecule has 1 aromatic rings. The summed E-state index contributed by atoms with van der Waals surface area (Å²) in [4.78, 5) is 27.5. The van der Waals surface area contributed by atoms with Gasteiger partial charge in [0.05, 0.1) is 5.56 Å². The first-order chi connectivity index (χ1) is 9.21. The fraction of sp³-hybridized carbons (Fsp3) is 0.273. The number of ether oxygens (including phenoxy) is 1. The van der Waals surface area contributed by atoms with E-state index >= 15 is 0 Å². The first kappa shape index (κ1) is 17.3. The van der Waals surface area contributed by atoms with Crippen molar-refractivity contribution < 1.29 is 19.2 Å². The number of hydroxylamine groups is 1. The first-order valence-corrected chi connectivity index (χ1v) is 6.73. The predicted molar refractivity (Wildman–Crippen MR) is 76.2 cm³/mol. The van der Waals surface area contributed by atoms with E-state index < -0.39 is 21.2 Å². The van der Waals surface area contributed by atoms with Gasteiger partial charge in [0.1, 0.15) is 5.75 Å². The molecule has 1 unspecified atom stereocenters. The minimum atomic E-state index is -1.91. The molecule has 5 nitrogen and oxygen atoms in total. The Hall–Kier alpha value is -0.720. The van der Waals surface area contributed by atoms with Crippen LogP contribution < -0.4 is 10.2 Å². The van der Waals surface area contributed by atoms with E-state index in [0.29, 0.717) is 0 Å². The molecule has 1 aromatic carbocycles. The smallest absolute Gasteiger partial charge is 0.308 e. The summed E-state index contributed by atoms with van der Waals surface area (Å²) in [6, 6.07) is 6.05. The molecule has 0 aliphatic heterocycles. The molecule has 1 amide bonds. The van der Waals surface area contributed by atoms with Gasteiger partial charge in [-0.25, -0.2) is 10.3 Å². The van der Waals surface area contributed by atoms with Crippen molar-refractivity contribution in [2.75, 3.05) is 0 Å². The van der Waals surface area contributed by atoms with Gasteiger partial charge in [-0.3, -0.25) is 9.59 Å². The number of hydrogen-bond acceptors (Lipinski definition) is 4. The van der Waals surface area contributed by atoms with Gasteiger partial charge in [-0.15, -0.1) is 0 Å². The summed E-state index contributed by atoms with van der Waals surface area (Å²) < 4.78 is 2.96. The highest BCUT2D eigenvalue weighted by molar-refractivity contribution is 6.70. The van der Waals surface area contributed by atoms with Crippen LogP contribution in [-0.4, -0.2) is 21.2 Å². The summed E-state index contributed by atoms with van der Waals surface area (Å²) in [6.07, 6.45) is 0. The number of alkyl halides is 4. The largest absolute Gasteiger partial charge is 0.426 e. The summed E-state index contributed by atoms with van der Waals surface area (Å²) >= 11 is 22.0. The molecule has 0 saturated heterocycles. The van der Waals surface area contributed by atoms with E-state index in [1.165, 1.54) is 19.1 Å².